The molecule has 4 nitrogen and oxygen atoms in total. The summed E-state index contributed by atoms with van der Waals surface area (Å²) in [6.07, 6.45) is 3.96. The maximum absolute atomic E-state index is 12.6. The third kappa shape index (κ3) is 3.48. The van der Waals surface area contributed by atoms with Crippen molar-refractivity contribution in [2.75, 3.05) is 13.2 Å². The summed E-state index contributed by atoms with van der Waals surface area (Å²) >= 11 is 0. The molecular formula is C20H26N2O2. The van der Waals surface area contributed by atoms with Crippen molar-refractivity contribution in [1.29, 1.82) is 0 Å². The molecule has 1 amide bonds. The first-order chi connectivity index (χ1) is 11.6. The summed E-state index contributed by atoms with van der Waals surface area (Å²) in [5, 5.41) is 0. The Bertz CT molecular complexity index is 692. The van der Waals surface area contributed by atoms with Crippen LogP contribution >= 0.6 is 0 Å². The fourth-order valence-electron chi connectivity index (χ4n) is 3.29. The fourth-order valence-corrected chi connectivity index (χ4v) is 3.29. The van der Waals surface area contributed by atoms with Gasteiger partial charge in [0.25, 0.3) is 5.91 Å². The molecule has 24 heavy (non-hydrogen) atoms. The molecule has 0 aliphatic carbocycles. The number of rotatable bonds is 5. The van der Waals surface area contributed by atoms with Crippen molar-refractivity contribution in [3.8, 4) is 5.75 Å². The van der Waals surface area contributed by atoms with Gasteiger partial charge in [0, 0.05) is 18.4 Å². The Morgan fingerprint density at radius 3 is 2.92 bits per heavy atom. The first-order valence-corrected chi connectivity index (χ1v) is 8.72. The standard InChI is InChI=1S/C20H26N2O2/c1-14(2)16-9-8-15(3)19(12-16)24-13-20(23)22-11-5-7-18(22)17-6-4-10-21-17/h4,6,8-10,12,14,18,21H,5,7,11,13H2,1-3H3/t18-/m1/s1. The number of nitrogens with one attached hydrogen (secondary N) is 1. The van der Waals surface area contributed by atoms with Crippen LogP contribution in [-0.4, -0.2) is 28.9 Å². The minimum atomic E-state index is 0.0569. The van der Waals surface area contributed by atoms with Crippen molar-refractivity contribution in [3.05, 3.63) is 53.3 Å². The number of H-pyrrole nitrogens is 1. The first-order valence-electron chi connectivity index (χ1n) is 8.72. The molecule has 0 saturated carbocycles. The molecule has 1 atom stereocenters. The highest BCUT2D eigenvalue weighted by Crippen LogP contribution is 2.31. The zero-order valence-electron chi connectivity index (χ0n) is 14.7. The number of carbonyl (C=O) groups excluding carboxylic acids is 1. The van der Waals surface area contributed by atoms with Crippen LogP contribution in [0.3, 0.4) is 0 Å². The number of nitrogens with zero attached hydrogens (tertiary/aromatic N) is 1. The number of hydrogen-bond donors (Lipinski definition) is 1. The second-order valence-corrected chi connectivity index (χ2v) is 6.84. The van der Waals surface area contributed by atoms with Crippen molar-refractivity contribution in [2.45, 2.75) is 45.6 Å². The molecule has 128 valence electrons. The van der Waals surface area contributed by atoms with Gasteiger partial charge in [-0.15, -0.1) is 0 Å². The topological polar surface area (TPSA) is 45.3 Å². The number of aromatic nitrogens is 1. The number of hydrogen-bond acceptors (Lipinski definition) is 2. The second-order valence-electron chi connectivity index (χ2n) is 6.84. The number of ether oxygens (including phenoxy) is 1. The zero-order valence-corrected chi connectivity index (χ0v) is 14.7. The van der Waals surface area contributed by atoms with Gasteiger partial charge in [0.05, 0.1) is 6.04 Å². The molecule has 1 aromatic carbocycles. The number of carbonyl (C=O) groups is 1. The Kier molecular flexibility index (Phi) is 4.93. The maximum atomic E-state index is 12.6. The average molecular weight is 326 g/mol. The van der Waals surface area contributed by atoms with Gasteiger partial charge in [0.15, 0.2) is 6.61 Å². The zero-order chi connectivity index (χ0) is 17.1. The van der Waals surface area contributed by atoms with E-state index in [1.165, 1.54) is 5.56 Å². The van der Waals surface area contributed by atoms with Gasteiger partial charge in [-0.05, 0) is 55.0 Å². The quantitative estimate of drug-likeness (QED) is 0.895. The van der Waals surface area contributed by atoms with Crippen molar-refractivity contribution in [1.82, 2.24) is 9.88 Å². The van der Waals surface area contributed by atoms with Crippen molar-refractivity contribution >= 4 is 5.91 Å². The van der Waals surface area contributed by atoms with Gasteiger partial charge in [-0.2, -0.15) is 0 Å². The smallest absolute Gasteiger partial charge is 0.261 e. The first kappa shape index (κ1) is 16.6. The van der Waals surface area contributed by atoms with E-state index in [0.29, 0.717) is 5.92 Å². The van der Waals surface area contributed by atoms with Gasteiger partial charge < -0.3 is 14.6 Å². The molecule has 2 aromatic rings. The van der Waals surface area contributed by atoms with Crippen LogP contribution in [0.2, 0.25) is 0 Å². The number of amides is 1. The van der Waals surface area contributed by atoms with Crippen LogP contribution in [0.4, 0.5) is 0 Å². The lowest BCUT2D eigenvalue weighted by Gasteiger charge is -2.24. The van der Waals surface area contributed by atoms with E-state index in [1.54, 1.807) is 0 Å². The molecule has 1 aliphatic rings. The van der Waals surface area contributed by atoms with E-state index in [2.05, 4.69) is 37.0 Å². The number of likely N-dealkylation sites (tertiary alicyclic amines) is 1. The van der Waals surface area contributed by atoms with Crippen LogP contribution in [0, 0.1) is 6.92 Å². The molecule has 0 bridgehead atoms. The summed E-state index contributed by atoms with van der Waals surface area (Å²) in [4.78, 5) is 17.8. The van der Waals surface area contributed by atoms with Crippen LogP contribution in [0.1, 0.15) is 55.5 Å². The van der Waals surface area contributed by atoms with Crippen LogP contribution in [0.15, 0.2) is 36.5 Å². The molecule has 0 radical (unpaired) electrons. The maximum Gasteiger partial charge on any atom is 0.261 e. The molecule has 1 saturated heterocycles. The monoisotopic (exact) mass is 326 g/mol. The third-order valence-electron chi connectivity index (χ3n) is 4.78. The number of aryl methyl sites for hydroxylation is 1. The van der Waals surface area contributed by atoms with Crippen LogP contribution in [0.5, 0.6) is 5.75 Å². The van der Waals surface area contributed by atoms with Crippen molar-refractivity contribution < 1.29 is 9.53 Å². The van der Waals surface area contributed by atoms with Gasteiger partial charge in [0.2, 0.25) is 0 Å². The van der Waals surface area contributed by atoms with Gasteiger partial charge in [-0.3, -0.25) is 4.79 Å². The van der Waals surface area contributed by atoms with Gasteiger partial charge in [0.1, 0.15) is 5.75 Å². The molecule has 0 spiro atoms. The Morgan fingerprint density at radius 1 is 1.38 bits per heavy atom. The van der Waals surface area contributed by atoms with E-state index < -0.39 is 0 Å². The van der Waals surface area contributed by atoms with Gasteiger partial charge in [-0.1, -0.05) is 26.0 Å². The minimum Gasteiger partial charge on any atom is -0.483 e. The molecular weight excluding hydrogens is 300 g/mol. The Hall–Kier alpha value is -2.23. The van der Waals surface area contributed by atoms with Crippen LogP contribution in [0.25, 0.3) is 0 Å². The highest BCUT2D eigenvalue weighted by molar-refractivity contribution is 5.78. The molecule has 0 unspecified atom stereocenters. The largest absolute Gasteiger partial charge is 0.483 e. The molecule has 2 heterocycles. The van der Waals surface area contributed by atoms with Gasteiger partial charge in [-0.25, -0.2) is 0 Å². The third-order valence-corrected chi connectivity index (χ3v) is 4.78. The fraction of sp³-hybridized carbons (Fsp3) is 0.450. The molecule has 1 N–H and O–H groups in total. The molecule has 4 heteroatoms. The minimum absolute atomic E-state index is 0.0569. The molecule has 1 aliphatic heterocycles. The summed E-state index contributed by atoms with van der Waals surface area (Å²) in [7, 11) is 0. The molecule has 3 rings (SSSR count). The summed E-state index contributed by atoms with van der Waals surface area (Å²) in [6.45, 7) is 7.23. The normalized spacial score (nSPS) is 17.5. The Labute approximate surface area is 143 Å². The van der Waals surface area contributed by atoms with E-state index in [1.807, 2.05) is 30.2 Å². The second kappa shape index (κ2) is 7.12. The van der Waals surface area contributed by atoms with Crippen molar-refractivity contribution in [2.24, 2.45) is 0 Å². The molecule has 1 aromatic heterocycles. The predicted molar refractivity (Wildman–Crippen MR) is 95.2 cm³/mol. The summed E-state index contributed by atoms with van der Waals surface area (Å²) in [6, 6.07) is 10.4. The lowest BCUT2D eigenvalue weighted by molar-refractivity contribution is -0.134. The van der Waals surface area contributed by atoms with E-state index in [4.69, 9.17) is 4.74 Å². The Morgan fingerprint density at radius 2 is 2.21 bits per heavy atom. The average Bonchev–Trinajstić information content (AvgIpc) is 3.24. The summed E-state index contributed by atoms with van der Waals surface area (Å²) in [5.41, 5.74) is 3.40. The summed E-state index contributed by atoms with van der Waals surface area (Å²) in [5.74, 6) is 1.31. The summed E-state index contributed by atoms with van der Waals surface area (Å²) < 4.78 is 5.87. The highest BCUT2D eigenvalue weighted by atomic mass is 16.5. The lowest BCUT2D eigenvalue weighted by Crippen LogP contribution is -2.34. The van der Waals surface area contributed by atoms with E-state index in [-0.39, 0.29) is 18.6 Å². The van der Waals surface area contributed by atoms with E-state index in [0.717, 1.165) is 36.4 Å². The van der Waals surface area contributed by atoms with Crippen LogP contribution < -0.4 is 4.74 Å². The van der Waals surface area contributed by atoms with E-state index >= 15 is 0 Å². The predicted octanol–water partition coefficient (Wildman–Crippen LogP) is 4.19. The molecule has 1 fully saturated rings. The van der Waals surface area contributed by atoms with Gasteiger partial charge >= 0.3 is 0 Å². The van der Waals surface area contributed by atoms with E-state index in [9.17, 15) is 4.79 Å². The number of aromatic amines is 1. The number of benzene rings is 1. The van der Waals surface area contributed by atoms with Crippen LogP contribution in [-0.2, 0) is 4.79 Å². The Balaban J connectivity index is 1.66. The lowest BCUT2D eigenvalue weighted by atomic mass is 10.0. The highest BCUT2D eigenvalue weighted by Gasteiger charge is 2.30. The van der Waals surface area contributed by atoms with Crippen molar-refractivity contribution in [3.63, 3.8) is 0 Å². The SMILES string of the molecule is Cc1ccc(C(C)C)cc1OCC(=O)N1CCC[C@@H]1c1ccc[nH]1.